The van der Waals surface area contributed by atoms with Gasteiger partial charge in [0.25, 0.3) is 0 Å². The van der Waals surface area contributed by atoms with E-state index < -0.39 is 0 Å². The number of aryl methyl sites for hydroxylation is 1. The van der Waals surface area contributed by atoms with Crippen LogP contribution in [0.3, 0.4) is 0 Å². The van der Waals surface area contributed by atoms with Crippen molar-refractivity contribution < 1.29 is 4.79 Å². The number of carbonyl (C=O) groups excluding carboxylic acids is 1. The zero-order valence-electron chi connectivity index (χ0n) is 13.3. The average molecular weight is 313 g/mol. The minimum absolute atomic E-state index is 0.117. The minimum atomic E-state index is -0.117. The summed E-state index contributed by atoms with van der Waals surface area (Å²) in [7, 11) is 0. The van der Waals surface area contributed by atoms with E-state index in [9.17, 15) is 4.79 Å². The maximum absolute atomic E-state index is 12.0. The van der Waals surface area contributed by atoms with E-state index in [2.05, 4.69) is 20.3 Å². The van der Waals surface area contributed by atoms with Crippen LogP contribution in [0, 0.1) is 0 Å². The van der Waals surface area contributed by atoms with Gasteiger partial charge in [0.2, 0.25) is 5.91 Å². The largest absolute Gasteiger partial charge is 0.370 e. The number of aromatic amines is 1. The van der Waals surface area contributed by atoms with Crippen molar-refractivity contribution in [2.45, 2.75) is 32.1 Å². The maximum Gasteiger partial charge on any atom is 0.227 e. The molecule has 1 aromatic carbocycles. The number of hydrogen-bond acceptors (Lipinski definition) is 3. The van der Waals surface area contributed by atoms with Gasteiger partial charge < -0.3 is 10.7 Å². The Balaban J connectivity index is 1.70. The third-order valence-corrected chi connectivity index (χ3v) is 3.54. The second-order valence-corrected chi connectivity index (χ2v) is 5.47. The zero-order valence-corrected chi connectivity index (χ0v) is 13.3. The zero-order chi connectivity index (χ0) is 16.5. The van der Waals surface area contributed by atoms with Gasteiger partial charge in [-0.05, 0) is 17.9 Å². The molecule has 2 aromatic rings. The van der Waals surface area contributed by atoms with Crippen molar-refractivity contribution in [3.8, 4) is 0 Å². The number of nitrogens with one attached hydrogen (secondary N) is 2. The van der Waals surface area contributed by atoms with Gasteiger partial charge in [0.1, 0.15) is 5.82 Å². The minimum Gasteiger partial charge on any atom is -0.370 e. The molecule has 122 valence electrons. The SMILES string of the molecule is CC(CC(=O)NC(N)=NCCCc1ncc[nH]1)c1ccccc1. The van der Waals surface area contributed by atoms with Crippen molar-refractivity contribution in [2.75, 3.05) is 6.54 Å². The summed E-state index contributed by atoms with van der Waals surface area (Å²) in [5.41, 5.74) is 6.88. The Hall–Kier alpha value is -2.63. The fraction of sp³-hybridized carbons (Fsp3) is 0.353. The number of H-pyrrole nitrogens is 1. The Morgan fingerprint density at radius 3 is 2.87 bits per heavy atom. The second-order valence-electron chi connectivity index (χ2n) is 5.47. The molecule has 4 N–H and O–H groups in total. The monoisotopic (exact) mass is 313 g/mol. The Morgan fingerprint density at radius 2 is 2.17 bits per heavy atom. The van der Waals surface area contributed by atoms with Gasteiger partial charge in [-0.3, -0.25) is 15.1 Å². The molecule has 0 saturated heterocycles. The number of aliphatic imine (C=N–C) groups is 1. The summed E-state index contributed by atoms with van der Waals surface area (Å²) in [5, 5.41) is 2.64. The molecule has 0 aliphatic rings. The highest BCUT2D eigenvalue weighted by atomic mass is 16.1. The fourth-order valence-electron chi connectivity index (χ4n) is 2.29. The molecule has 0 bridgehead atoms. The molecule has 1 unspecified atom stereocenters. The van der Waals surface area contributed by atoms with Gasteiger partial charge in [0.15, 0.2) is 5.96 Å². The smallest absolute Gasteiger partial charge is 0.227 e. The summed E-state index contributed by atoms with van der Waals surface area (Å²) >= 11 is 0. The first-order valence-electron chi connectivity index (χ1n) is 7.78. The lowest BCUT2D eigenvalue weighted by Gasteiger charge is -2.11. The van der Waals surface area contributed by atoms with Crippen LogP contribution in [0.5, 0.6) is 0 Å². The number of rotatable bonds is 7. The van der Waals surface area contributed by atoms with Gasteiger partial charge in [0.05, 0.1) is 0 Å². The fourth-order valence-corrected chi connectivity index (χ4v) is 2.29. The van der Waals surface area contributed by atoms with E-state index in [-0.39, 0.29) is 17.8 Å². The van der Waals surface area contributed by atoms with Crippen LogP contribution < -0.4 is 11.1 Å². The third-order valence-electron chi connectivity index (χ3n) is 3.54. The van der Waals surface area contributed by atoms with Gasteiger partial charge in [-0.15, -0.1) is 0 Å². The van der Waals surface area contributed by atoms with Crippen LogP contribution in [-0.2, 0) is 11.2 Å². The predicted octanol–water partition coefficient (Wildman–Crippen LogP) is 1.97. The lowest BCUT2D eigenvalue weighted by molar-refractivity contribution is -0.120. The van der Waals surface area contributed by atoms with Crippen LogP contribution in [0.1, 0.15) is 37.1 Å². The number of imidazole rings is 1. The number of nitrogens with zero attached hydrogens (tertiary/aromatic N) is 2. The van der Waals surface area contributed by atoms with Crippen LogP contribution >= 0.6 is 0 Å². The van der Waals surface area contributed by atoms with Crippen LogP contribution in [0.25, 0.3) is 0 Å². The molecule has 0 saturated carbocycles. The topological polar surface area (TPSA) is 96.2 Å². The summed E-state index contributed by atoms with van der Waals surface area (Å²) in [5.74, 6) is 1.13. The van der Waals surface area contributed by atoms with E-state index in [0.29, 0.717) is 13.0 Å². The quantitative estimate of drug-likeness (QED) is 0.414. The normalized spacial score (nSPS) is 12.8. The van der Waals surface area contributed by atoms with Gasteiger partial charge in [0, 0.05) is 31.8 Å². The number of hydrogen-bond donors (Lipinski definition) is 3. The summed E-state index contributed by atoms with van der Waals surface area (Å²) in [4.78, 5) is 23.3. The van der Waals surface area contributed by atoms with Crippen LogP contribution in [0.15, 0.2) is 47.7 Å². The number of aromatic nitrogens is 2. The molecular weight excluding hydrogens is 290 g/mol. The number of amides is 1. The van der Waals surface area contributed by atoms with Gasteiger partial charge >= 0.3 is 0 Å². The van der Waals surface area contributed by atoms with Crippen molar-refractivity contribution in [1.29, 1.82) is 0 Å². The van der Waals surface area contributed by atoms with E-state index in [0.717, 1.165) is 24.2 Å². The highest BCUT2D eigenvalue weighted by Crippen LogP contribution is 2.17. The number of carbonyl (C=O) groups is 1. The molecule has 23 heavy (non-hydrogen) atoms. The molecule has 1 atom stereocenters. The first-order valence-corrected chi connectivity index (χ1v) is 7.78. The molecule has 1 heterocycles. The maximum atomic E-state index is 12.0. The molecule has 0 aliphatic carbocycles. The molecule has 6 nitrogen and oxygen atoms in total. The van der Waals surface area contributed by atoms with Gasteiger partial charge in [-0.25, -0.2) is 4.98 Å². The number of benzene rings is 1. The molecule has 0 fully saturated rings. The van der Waals surface area contributed by atoms with Crippen LogP contribution in [-0.4, -0.2) is 28.4 Å². The highest BCUT2D eigenvalue weighted by molar-refractivity contribution is 5.96. The molecule has 1 amide bonds. The van der Waals surface area contributed by atoms with Crippen LogP contribution in [0.2, 0.25) is 0 Å². The summed E-state index contributed by atoms with van der Waals surface area (Å²) in [6.07, 6.45) is 5.53. The summed E-state index contributed by atoms with van der Waals surface area (Å²) < 4.78 is 0. The lowest BCUT2D eigenvalue weighted by Crippen LogP contribution is -2.37. The third kappa shape index (κ3) is 5.94. The van der Waals surface area contributed by atoms with E-state index in [4.69, 9.17) is 5.73 Å². The van der Waals surface area contributed by atoms with Crippen LogP contribution in [0.4, 0.5) is 0 Å². The van der Waals surface area contributed by atoms with E-state index >= 15 is 0 Å². The Kier molecular flexibility index (Phi) is 6.35. The molecule has 2 rings (SSSR count). The van der Waals surface area contributed by atoms with Crippen molar-refractivity contribution >= 4 is 11.9 Å². The summed E-state index contributed by atoms with van der Waals surface area (Å²) in [6, 6.07) is 9.94. The first kappa shape index (κ1) is 16.7. The van der Waals surface area contributed by atoms with Crippen molar-refractivity contribution in [3.63, 3.8) is 0 Å². The Labute approximate surface area is 136 Å². The molecule has 1 aromatic heterocycles. The second kappa shape index (κ2) is 8.73. The van der Waals surface area contributed by atoms with E-state index in [1.165, 1.54) is 0 Å². The van der Waals surface area contributed by atoms with E-state index in [1.807, 2.05) is 37.3 Å². The number of nitrogens with two attached hydrogens (primary N) is 1. The van der Waals surface area contributed by atoms with Crippen molar-refractivity contribution in [3.05, 3.63) is 54.1 Å². The van der Waals surface area contributed by atoms with Crippen molar-refractivity contribution in [1.82, 2.24) is 15.3 Å². The van der Waals surface area contributed by atoms with Crippen molar-refractivity contribution in [2.24, 2.45) is 10.7 Å². The average Bonchev–Trinajstić information content (AvgIpc) is 3.05. The standard InChI is InChI=1S/C17H23N5O/c1-13(14-6-3-2-4-7-14)12-16(23)22-17(18)21-9-5-8-15-19-10-11-20-15/h2-4,6-7,10-11,13H,5,8-9,12H2,1H3,(H,19,20)(H3,18,21,22,23). The number of guanidine groups is 1. The molecule has 0 aliphatic heterocycles. The van der Waals surface area contributed by atoms with Gasteiger partial charge in [-0.1, -0.05) is 37.3 Å². The predicted molar refractivity (Wildman–Crippen MR) is 91.0 cm³/mol. The molecule has 0 radical (unpaired) electrons. The Bertz CT molecular complexity index is 622. The molecule has 6 heteroatoms. The summed E-state index contributed by atoms with van der Waals surface area (Å²) in [6.45, 7) is 2.58. The first-order chi connectivity index (χ1) is 11.1. The van der Waals surface area contributed by atoms with Gasteiger partial charge in [-0.2, -0.15) is 0 Å². The molecular formula is C17H23N5O. The highest BCUT2D eigenvalue weighted by Gasteiger charge is 2.11. The lowest BCUT2D eigenvalue weighted by atomic mass is 9.98. The van der Waals surface area contributed by atoms with E-state index in [1.54, 1.807) is 12.4 Å². The molecule has 0 spiro atoms. The Morgan fingerprint density at radius 1 is 1.39 bits per heavy atom.